The van der Waals surface area contributed by atoms with Crippen LogP contribution in [-0.2, 0) is 19.2 Å². The Morgan fingerprint density at radius 1 is 0.903 bits per heavy atom. The van der Waals surface area contributed by atoms with Crippen molar-refractivity contribution in [1.29, 1.82) is 0 Å². The van der Waals surface area contributed by atoms with Crippen molar-refractivity contribution in [2.75, 3.05) is 6.54 Å². The maximum Gasteiger partial charge on any atom is 0.235 e. The lowest BCUT2D eigenvalue weighted by molar-refractivity contribution is 0.0915. The maximum absolute atomic E-state index is 10.4. The lowest BCUT2D eigenvalue weighted by atomic mass is 9.63. The SMILES string of the molecule is CC(CC1(N=C=O)CCCCC1)N=C=O.CC1(C)CC(N=C=O)CC(C)(CN=C=O)C1. The van der Waals surface area contributed by atoms with Gasteiger partial charge >= 0.3 is 0 Å². The van der Waals surface area contributed by atoms with Gasteiger partial charge in [0.15, 0.2) is 0 Å². The van der Waals surface area contributed by atoms with Crippen LogP contribution in [0.3, 0.4) is 0 Å². The van der Waals surface area contributed by atoms with Crippen molar-refractivity contribution in [2.24, 2.45) is 30.8 Å². The molecule has 3 atom stereocenters. The fourth-order valence-electron chi connectivity index (χ4n) is 5.44. The van der Waals surface area contributed by atoms with Crippen LogP contribution < -0.4 is 0 Å². The highest BCUT2D eigenvalue weighted by molar-refractivity contribution is 5.36. The molecule has 2 rings (SSSR count). The number of hydrogen-bond donors (Lipinski definition) is 0. The third-order valence-corrected chi connectivity index (χ3v) is 6.20. The van der Waals surface area contributed by atoms with Gasteiger partial charge in [0, 0.05) is 0 Å². The van der Waals surface area contributed by atoms with Crippen LogP contribution in [0.2, 0.25) is 0 Å². The Labute approximate surface area is 184 Å². The summed E-state index contributed by atoms with van der Waals surface area (Å²) in [5.74, 6) is 0. The van der Waals surface area contributed by atoms with E-state index in [4.69, 9.17) is 0 Å². The number of isocyanates is 4. The average molecular weight is 431 g/mol. The molecule has 0 radical (unpaired) electrons. The summed E-state index contributed by atoms with van der Waals surface area (Å²) in [5, 5.41) is 0. The van der Waals surface area contributed by atoms with E-state index in [1.165, 1.54) is 6.42 Å². The second kappa shape index (κ2) is 12.4. The van der Waals surface area contributed by atoms with Crippen molar-refractivity contribution in [1.82, 2.24) is 0 Å². The maximum atomic E-state index is 10.4. The summed E-state index contributed by atoms with van der Waals surface area (Å²) in [6.45, 7) is 8.71. The lowest BCUT2D eigenvalue weighted by Crippen LogP contribution is -2.39. The first-order valence-electron chi connectivity index (χ1n) is 10.9. The van der Waals surface area contributed by atoms with E-state index in [9.17, 15) is 19.2 Å². The summed E-state index contributed by atoms with van der Waals surface area (Å²) < 4.78 is 0. The summed E-state index contributed by atoms with van der Waals surface area (Å²) in [5.41, 5.74) is -0.264. The van der Waals surface area contributed by atoms with Gasteiger partial charge in [0.25, 0.3) is 0 Å². The van der Waals surface area contributed by atoms with Crippen LogP contribution in [0.4, 0.5) is 0 Å². The molecule has 2 saturated carbocycles. The Balaban J connectivity index is 0.000000311. The molecule has 0 aromatic heterocycles. The highest BCUT2D eigenvalue weighted by Gasteiger charge is 2.41. The normalized spacial score (nSPS) is 26.8. The van der Waals surface area contributed by atoms with Gasteiger partial charge in [0.2, 0.25) is 24.3 Å². The van der Waals surface area contributed by atoms with Gasteiger partial charge in [-0.25, -0.2) is 34.2 Å². The number of carbonyl (C=O) groups excluding carboxylic acids is 4. The van der Waals surface area contributed by atoms with Crippen LogP contribution in [-0.4, -0.2) is 48.5 Å². The van der Waals surface area contributed by atoms with E-state index < -0.39 is 0 Å². The van der Waals surface area contributed by atoms with Crippen molar-refractivity contribution in [3.63, 3.8) is 0 Å². The Hall–Kier alpha value is -2.48. The predicted molar refractivity (Wildman–Crippen MR) is 117 cm³/mol. The molecule has 0 heterocycles. The lowest BCUT2D eigenvalue weighted by Gasteiger charge is -2.44. The molecule has 2 fully saturated rings. The average Bonchev–Trinajstić information content (AvgIpc) is 2.66. The van der Waals surface area contributed by atoms with Crippen molar-refractivity contribution in [3.8, 4) is 0 Å². The van der Waals surface area contributed by atoms with E-state index in [-0.39, 0.29) is 28.5 Å². The van der Waals surface area contributed by atoms with Gasteiger partial charge in [0.05, 0.1) is 24.2 Å². The molecule has 8 heteroatoms. The summed E-state index contributed by atoms with van der Waals surface area (Å²) in [4.78, 5) is 56.2. The first-order chi connectivity index (χ1) is 14.6. The molecule has 2 aliphatic carbocycles. The number of aliphatic imine (C=N–C) groups is 4. The van der Waals surface area contributed by atoms with Gasteiger partial charge < -0.3 is 0 Å². The summed E-state index contributed by atoms with van der Waals surface area (Å²) in [7, 11) is 0. The van der Waals surface area contributed by atoms with Gasteiger partial charge in [-0.3, -0.25) is 0 Å². The molecular weight excluding hydrogens is 396 g/mol. The molecule has 170 valence electrons. The molecule has 0 aromatic carbocycles. The Bertz CT molecular complexity index is 779. The van der Waals surface area contributed by atoms with Crippen molar-refractivity contribution >= 4 is 24.3 Å². The minimum absolute atomic E-state index is 0.00750. The zero-order chi connectivity index (χ0) is 23.4. The zero-order valence-electron chi connectivity index (χ0n) is 19.1. The first kappa shape index (κ1) is 26.6. The number of nitrogens with zero attached hydrogens (tertiary/aromatic N) is 4. The molecule has 8 nitrogen and oxygen atoms in total. The van der Waals surface area contributed by atoms with Crippen LogP contribution in [0.5, 0.6) is 0 Å². The summed E-state index contributed by atoms with van der Waals surface area (Å²) in [6, 6.07) is -0.106. The topological polar surface area (TPSA) is 118 Å². The van der Waals surface area contributed by atoms with Gasteiger partial charge in [-0.1, -0.05) is 40.0 Å². The van der Waals surface area contributed by atoms with Crippen molar-refractivity contribution < 1.29 is 19.2 Å². The van der Waals surface area contributed by atoms with E-state index in [2.05, 4.69) is 40.7 Å². The molecule has 0 aliphatic heterocycles. The van der Waals surface area contributed by atoms with Crippen molar-refractivity contribution in [3.05, 3.63) is 0 Å². The van der Waals surface area contributed by atoms with E-state index in [0.717, 1.165) is 44.9 Å². The van der Waals surface area contributed by atoms with Crippen LogP contribution in [0.1, 0.15) is 85.5 Å². The summed E-state index contributed by atoms with van der Waals surface area (Å²) >= 11 is 0. The van der Waals surface area contributed by atoms with Crippen LogP contribution in [0.25, 0.3) is 0 Å². The van der Waals surface area contributed by atoms with Gasteiger partial charge in [-0.05, 0) is 56.3 Å². The van der Waals surface area contributed by atoms with Crippen LogP contribution in [0, 0.1) is 10.8 Å². The highest BCUT2D eigenvalue weighted by Crippen LogP contribution is 2.47. The molecule has 2 aliphatic rings. The molecule has 3 unspecified atom stereocenters. The largest absolute Gasteiger partial charge is 0.235 e. The van der Waals surface area contributed by atoms with E-state index in [0.29, 0.717) is 13.0 Å². The fraction of sp³-hybridized carbons (Fsp3) is 0.826. The zero-order valence-corrected chi connectivity index (χ0v) is 19.1. The molecule has 0 N–H and O–H groups in total. The number of hydrogen-bond acceptors (Lipinski definition) is 8. The van der Waals surface area contributed by atoms with Crippen molar-refractivity contribution in [2.45, 2.75) is 103 Å². The quantitative estimate of drug-likeness (QED) is 0.440. The van der Waals surface area contributed by atoms with E-state index in [1.807, 2.05) is 6.92 Å². The van der Waals surface area contributed by atoms with E-state index >= 15 is 0 Å². The van der Waals surface area contributed by atoms with Crippen LogP contribution in [0.15, 0.2) is 20.0 Å². The van der Waals surface area contributed by atoms with E-state index in [1.54, 1.807) is 24.3 Å². The Morgan fingerprint density at radius 2 is 1.58 bits per heavy atom. The molecule has 0 aromatic rings. The first-order valence-corrected chi connectivity index (χ1v) is 10.9. The second-order valence-corrected chi connectivity index (χ2v) is 10.1. The smallest absolute Gasteiger partial charge is 0.211 e. The fourth-order valence-corrected chi connectivity index (χ4v) is 5.44. The second-order valence-electron chi connectivity index (χ2n) is 10.1. The molecule has 0 bridgehead atoms. The van der Waals surface area contributed by atoms with Gasteiger partial charge in [0.1, 0.15) is 0 Å². The molecule has 0 amide bonds. The molecule has 0 saturated heterocycles. The Kier molecular flexibility index (Phi) is 10.6. The molecule has 0 spiro atoms. The molecule has 31 heavy (non-hydrogen) atoms. The minimum Gasteiger partial charge on any atom is -0.211 e. The van der Waals surface area contributed by atoms with Gasteiger partial charge in [-0.2, -0.15) is 4.99 Å². The minimum atomic E-state index is -0.320. The monoisotopic (exact) mass is 430 g/mol. The van der Waals surface area contributed by atoms with Crippen LogP contribution >= 0.6 is 0 Å². The standard InChI is InChI=1S/C12H18N2O2.C11H16N2O2/c1-11(2)4-10(14-9-16)5-12(3,6-11)7-13-8-15;1-10(12-8-14)7-11(13-9-15)5-3-2-4-6-11/h10H,4-7H2,1-3H3;10H,2-7H2,1H3. The molecular formula is C23H34N4O4. The third-order valence-electron chi connectivity index (χ3n) is 6.20. The Morgan fingerprint density at radius 3 is 2.13 bits per heavy atom. The number of rotatable bonds is 7. The van der Waals surface area contributed by atoms with Gasteiger partial charge in [-0.15, -0.1) is 0 Å². The summed E-state index contributed by atoms with van der Waals surface area (Å²) in [6.07, 6.45) is 14.9. The highest BCUT2D eigenvalue weighted by atomic mass is 16.1. The third kappa shape index (κ3) is 9.46. The predicted octanol–water partition coefficient (Wildman–Crippen LogP) is 4.38.